The van der Waals surface area contributed by atoms with Crippen LogP contribution in [0.2, 0.25) is 5.02 Å². The number of urea groups is 1. The number of nitrogens with zero attached hydrogens (tertiary/aromatic N) is 1. The van der Waals surface area contributed by atoms with Crippen molar-refractivity contribution in [3.63, 3.8) is 0 Å². The first kappa shape index (κ1) is 16.9. The average Bonchev–Trinajstić information content (AvgIpc) is 2.46. The number of alkyl halides is 3. The lowest BCUT2D eigenvalue weighted by Crippen LogP contribution is -2.19. The van der Waals surface area contributed by atoms with Crippen LogP contribution in [-0.4, -0.2) is 11.0 Å². The summed E-state index contributed by atoms with van der Waals surface area (Å²) in [6, 6.07) is 6.87. The summed E-state index contributed by atoms with van der Waals surface area (Å²) in [4.78, 5) is 14.4. The van der Waals surface area contributed by atoms with Gasteiger partial charge in [0.15, 0.2) is 0 Å². The number of benzene rings is 1. The maximum atomic E-state index is 12.5. The third-order valence-electron chi connectivity index (χ3n) is 2.85. The van der Waals surface area contributed by atoms with E-state index >= 15 is 0 Å². The number of aromatic nitrogens is 1. The second kappa shape index (κ2) is 6.74. The molecule has 0 unspecified atom stereocenters. The van der Waals surface area contributed by atoms with Crippen LogP contribution < -0.4 is 16.4 Å². The number of carbonyl (C=O) groups excluding carboxylic acids is 1. The number of nitrogens with two attached hydrogens (primary N) is 1. The van der Waals surface area contributed by atoms with E-state index in [1.165, 1.54) is 0 Å². The first-order chi connectivity index (χ1) is 10.8. The van der Waals surface area contributed by atoms with Gasteiger partial charge in [-0.3, -0.25) is 0 Å². The fourth-order valence-electron chi connectivity index (χ4n) is 1.76. The predicted molar refractivity (Wildman–Crippen MR) is 81.2 cm³/mol. The van der Waals surface area contributed by atoms with Gasteiger partial charge in [0.25, 0.3) is 0 Å². The van der Waals surface area contributed by atoms with Gasteiger partial charge in [0.2, 0.25) is 0 Å². The number of primary amides is 1. The molecule has 0 aliphatic carbocycles. The molecule has 1 aromatic heterocycles. The Morgan fingerprint density at radius 3 is 2.43 bits per heavy atom. The SMILES string of the molecule is NC(=O)Nc1ccc(CNc2ncc(C(F)(F)F)cc2Cl)cc1. The second-order valence-electron chi connectivity index (χ2n) is 4.59. The summed E-state index contributed by atoms with van der Waals surface area (Å²) < 4.78 is 37.6. The lowest BCUT2D eigenvalue weighted by molar-refractivity contribution is -0.137. The fraction of sp³-hybridized carbons (Fsp3) is 0.143. The van der Waals surface area contributed by atoms with E-state index in [0.29, 0.717) is 18.4 Å². The predicted octanol–water partition coefficient (Wildman–Crippen LogP) is 3.86. The third-order valence-corrected chi connectivity index (χ3v) is 3.14. The molecule has 1 heterocycles. The van der Waals surface area contributed by atoms with E-state index in [-0.39, 0.29) is 10.8 Å². The summed E-state index contributed by atoms with van der Waals surface area (Å²) in [7, 11) is 0. The Kier molecular flexibility index (Phi) is 4.95. The minimum atomic E-state index is -4.49. The molecule has 0 bridgehead atoms. The maximum Gasteiger partial charge on any atom is 0.417 e. The molecule has 5 nitrogen and oxygen atoms in total. The van der Waals surface area contributed by atoms with Crippen molar-refractivity contribution in [1.29, 1.82) is 0 Å². The summed E-state index contributed by atoms with van der Waals surface area (Å²) in [5, 5.41) is 5.14. The van der Waals surface area contributed by atoms with Crippen LogP contribution >= 0.6 is 11.6 Å². The van der Waals surface area contributed by atoms with E-state index in [0.717, 1.165) is 11.6 Å². The molecule has 2 amide bonds. The summed E-state index contributed by atoms with van der Waals surface area (Å²) in [6.07, 6.45) is -3.77. The van der Waals surface area contributed by atoms with Crippen LogP contribution in [0.15, 0.2) is 36.5 Å². The zero-order valence-corrected chi connectivity index (χ0v) is 12.4. The third kappa shape index (κ3) is 4.75. The largest absolute Gasteiger partial charge is 0.417 e. The van der Waals surface area contributed by atoms with Gasteiger partial charge in [0.1, 0.15) is 5.82 Å². The van der Waals surface area contributed by atoms with E-state index in [9.17, 15) is 18.0 Å². The molecule has 122 valence electrons. The van der Waals surface area contributed by atoms with Gasteiger partial charge in [-0.1, -0.05) is 23.7 Å². The summed E-state index contributed by atoms with van der Waals surface area (Å²) in [6.45, 7) is 0.301. The quantitative estimate of drug-likeness (QED) is 0.788. The lowest BCUT2D eigenvalue weighted by atomic mass is 10.2. The van der Waals surface area contributed by atoms with Gasteiger partial charge in [0, 0.05) is 18.4 Å². The molecule has 2 rings (SSSR count). The molecule has 1 aromatic carbocycles. The molecular formula is C14H12ClF3N4O. The van der Waals surface area contributed by atoms with E-state index in [2.05, 4.69) is 15.6 Å². The second-order valence-corrected chi connectivity index (χ2v) is 5.00. The highest BCUT2D eigenvalue weighted by atomic mass is 35.5. The molecule has 0 saturated carbocycles. The summed E-state index contributed by atoms with van der Waals surface area (Å²) in [5.41, 5.74) is 5.44. The topological polar surface area (TPSA) is 80.0 Å². The van der Waals surface area contributed by atoms with Gasteiger partial charge in [-0.15, -0.1) is 0 Å². The average molecular weight is 345 g/mol. The maximum absolute atomic E-state index is 12.5. The lowest BCUT2D eigenvalue weighted by Gasteiger charge is -2.11. The molecule has 4 N–H and O–H groups in total. The zero-order valence-electron chi connectivity index (χ0n) is 11.6. The van der Waals surface area contributed by atoms with Crippen LogP contribution in [0.1, 0.15) is 11.1 Å². The van der Waals surface area contributed by atoms with Crippen LogP contribution in [0.25, 0.3) is 0 Å². The smallest absolute Gasteiger partial charge is 0.365 e. The first-order valence-electron chi connectivity index (χ1n) is 6.38. The molecule has 9 heteroatoms. The van der Waals surface area contributed by atoms with E-state index < -0.39 is 17.8 Å². The van der Waals surface area contributed by atoms with Gasteiger partial charge in [0.05, 0.1) is 10.6 Å². The van der Waals surface area contributed by atoms with E-state index in [1.54, 1.807) is 24.3 Å². The van der Waals surface area contributed by atoms with Gasteiger partial charge < -0.3 is 16.4 Å². The molecule has 2 aromatic rings. The fourth-order valence-corrected chi connectivity index (χ4v) is 1.99. The van der Waals surface area contributed by atoms with Crippen molar-refractivity contribution in [2.75, 3.05) is 10.6 Å². The highest BCUT2D eigenvalue weighted by Crippen LogP contribution is 2.32. The zero-order chi connectivity index (χ0) is 17.0. The number of pyridine rings is 1. The Labute approximate surface area is 134 Å². The normalized spacial score (nSPS) is 11.1. The minimum Gasteiger partial charge on any atom is -0.365 e. The molecule has 0 aliphatic heterocycles. The van der Waals surface area contributed by atoms with Crippen molar-refractivity contribution in [2.24, 2.45) is 5.73 Å². The molecule has 0 aliphatic rings. The Balaban J connectivity index is 2.02. The number of nitrogens with one attached hydrogen (secondary N) is 2. The van der Waals surface area contributed by atoms with Gasteiger partial charge in [-0.25, -0.2) is 9.78 Å². The number of halogens is 4. The molecule has 0 saturated heterocycles. The van der Waals surface area contributed by atoms with Crippen LogP contribution in [0.3, 0.4) is 0 Å². The van der Waals surface area contributed by atoms with E-state index in [4.69, 9.17) is 17.3 Å². The number of rotatable bonds is 4. The van der Waals surface area contributed by atoms with Crippen molar-refractivity contribution < 1.29 is 18.0 Å². The number of carbonyl (C=O) groups is 1. The van der Waals surface area contributed by atoms with Crippen LogP contribution in [0.4, 0.5) is 29.5 Å². The molecule has 0 radical (unpaired) electrons. The highest BCUT2D eigenvalue weighted by molar-refractivity contribution is 6.32. The van der Waals surface area contributed by atoms with E-state index in [1.807, 2.05) is 0 Å². The van der Waals surface area contributed by atoms with Crippen LogP contribution in [0.5, 0.6) is 0 Å². The molecule has 23 heavy (non-hydrogen) atoms. The van der Waals surface area contributed by atoms with Crippen molar-refractivity contribution >= 4 is 29.1 Å². The Morgan fingerprint density at radius 2 is 1.91 bits per heavy atom. The summed E-state index contributed by atoms with van der Waals surface area (Å²) in [5.74, 6) is 0.152. The number of anilines is 2. The van der Waals surface area contributed by atoms with Crippen molar-refractivity contribution in [3.8, 4) is 0 Å². The Bertz CT molecular complexity index is 704. The number of hydrogen-bond acceptors (Lipinski definition) is 3. The molecule has 0 fully saturated rings. The van der Waals surface area contributed by atoms with Crippen molar-refractivity contribution in [2.45, 2.75) is 12.7 Å². The van der Waals surface area contributed by atoms with Gasteiger partial charge in [-0.05, 0) is 23.8 Å². The standard InChI is InChI=1S/C14H12ClF3N4O/c15-11-5-9(14(16,17)18)7-21-12(11)20-6-8-1-3-10(4-2-8)22-13(19)23/h1-5,7H,6H2,(H,20,21)(H3,19,22,23). The Hall–Kier alpha value is -2.48. The highest BCUT2D eigenvalue weighted by Gasteiger charge is 2.31. The molecule has 0 atom stereocenters. The number of hydrogen-bond donors (Lipinski definition) is 3. The summed E-state index contributed by atoms with van der Waals surface area (Å²) >= 11 is 5.80. The monoisotopic (exact) mass is 344 g/mol. The molecule has 0 spiro atoms. The van der Waals surface area contributed by atoms with Crippen LogP contribution in [-0.2, 0) is 12.7 Å². The van der Waals surface area contributed by atoms with Gasteiger partial charge in [-0.2, -0.15) is 13.2 Å². The minimum absolute atomic E-state index is 0.119. The first-order valence-corrected chi connectivity index (χ1v) is 6.75. The van der Waals surface area contributed by atoms with Gasteiger partial charge >= 0.3 is 12.2 Å². The van der Waals surface area contributed by atoms with Crippen molar-refractivity contribution in [3.05, 3.63) is 52.7 Å². The Morgan fingerprint density at radius 1 is 1.26 bits per heavy atom. The number of amides is 2. The molecular weight excluding hydrogens is 333 g/mol. The van der Waals surface area contributed by atoms with Crippen LogP contribution in [0, 0.1) is 0 Å². The van der Waals surface area contributed by atoms with Crippen molar-refractivity contribution in [1.82, 2.24) is 4.98 Å².